The van der Waals surface area contributed by atoms with E-state index in [0.29, 0.717) is 6.61 Å². The van der Waals surface area contributed by atoms with Crippen molar-refractivity contribution >= 4 is 12.6 Å². The highest BCUT2D eigenvalue weighted by Gasteiger charge is 1.91. The lowest BCUT2D eigenvalue weighted by molar-refractivity contribution is 0.145. The Kier molecular flexibility index (Phi) is 12.5. The summed E-state index contributed by atoms with van der Waals surface area (Å²) < 4.78 is 5.29. The van der Waals surface area contributed by atoms with Gasteiger partial charge in [-0.3, -0.25) is 0 Å². The Morgan fingerprint density at radius 1 is 0.846 bits per heavy atom. The molecular formula is C10H22O2S. The number of unbranched alkanes of at least 4 members (excludes halogenated alkanes) is 5. The molecule has 0 aliphatic carbocycles. The minimum atomic E-state index is 0.338. The molecule has 0 aromatic heterocycles. The summed E-state index contributed by atoms with van der Waals surface area (Å²) in [4.78, 5) is 0. The van der Waals surface area contributed by atoms with Gasteiger partial charge in [0.2, 0.25) is 0 Å². The number of aliphatic hydroxyl groups excluding tert-OH is 1. The van der Waals surface area contributed by atoms with Crippen molar-refractivity contribution in [2.24, 2.45) is 0 Å². The van der Waals surface area contributed by atoms with Crippen LogP contribution in [0.5, 0.6) is 0 Å². The van der Waals surface area contributed by atoms with Crippen molar-refractivity contribution in [3.05, 3.63) is 0 Å². The molecule has 0 aliphatic rings. The van der Waals surface area contributed by atoms with Crippen LogP contribution >= 0.6 is 12.6 Å². The number of hydrogen-bond acceptors (Lipinski definition) is 3. The smallest absolute Gasteiger partial charge is 0.0554 e. The summed E-state index contributed by atoms with van der Waals surface area (Å²) in [5, 5.41) is 8.54. The molecule has 0 saturated carbocycles. The Morgan fingerprint density at radius 2 is 1.46 bits per heavy atom. The lowest BCUT2D eigenvalue weighted by atomic mass is 10.1. The predicted octanol–water partition coefficient (Wildman–Crippen LogP) is 2.27. The zero-order chi connectivity index (χ0) is 9.78. The molecule has 13 heavy (non-hydrogen) atoms. The first-order chi connectivity index (χ1) is 6.41. The summed E-state index contributed by atoms with van der Waals surface area (Å²) >= 11 is 4.05. The van der Waals surface area contributed by atoms with Crippen molar-refractivity contribution < 1.29 is 9.84 Å². The summed E-state index contributed by atoms with van der Waals surface area (Å²) in [5.74, 6) is 0.816. The fourth-order valence-electron chi connectivity index (χ4n) is 1.19. The Labute approximate surface area is 87.1 Å². The van der Waals surface area contributed by atoms with Gasteiger partial charge in [0.1, 0.15) is 0 Å². The van der Waals surface area contributed by atoms with E-state index in [0.717, 1.165) is 38.2 Å². The van der Waals surface area contributed by atoms with E-state index in [1.807, 2.05) is 0 Å². The van der Waals surface area contributed by atoms with Crippen LogP contribution in [0.2, 0.25) is 0 Å². The van der Waals surface area contributed by atoms with Crippen LogP contribution in [0.1, 0.15) is 38.5 Å². The molecule has 0 radical (unpaired) electrons. The van der Waals surface area contributed by atoms with Crippen molar-refractivity contribution in [1.29, 1.82) is 0 Å². The van der Waals surface area contributed by atoms with Crippen molar-refractivity contribution in [1.82, 2.24) is 0 Å². The average Bonchev–Trinajstić information content (AvgIpc) is 2.16. The van der Waals surface area contributed by atoms with Crippen LogP contribution in [0, 0.1) is 0 Å². The molecule has 0 amide bonds. The molecule has 0 aromatic rings. The first kappa shape index (κ1) is 13.3. The molecule has 0 aliphatic heterocycles. The lowest BCUT2D eigenvalue weighted by Gasteiger charge is -2.02. The molecule has 0 rings (SSSR count). The Hall–Kier alpha value is 0.270. The van der Waals surface area contributed by atoms with Gasteiger partial charge < -0.3 is 9.84 Å². The van der Waals surface area contributed by atoms with Crippen LogP contribution < -0.4 is 0 Å². The van der Waals surface area contributed by atoms with Gasteiger partial charge in [0, 0.05) is 19.0 Å². The van der Waals surface area contributed by atoms with Gasteiger partial charge in [0.05, 0.1) is 6.61 Å². The number of thiol groups is 1. The maximum Gasteiger partial charge on any atom is 0.0554 e. The van der Waals surface area contributed by atoms with E-state index in [4.69, 9.17) is 9.84 Å². The van der Waals surface area contributed by atoms with Gasteiger partial charge in [-0.15, -0.1) is 0 Å². The molecule has 1 N–H and O–H groups in total. The lowest BCUT2D eigenvalue weighted by Crippen LogP contribution is -1.97. The van der Waals surface area contributed by atoms with E-state index < -0.39 is 0 Å². The fraction of sp³-hybridized carbons (Fsp3) is 1.00. The molecule has 0 saturated heterocycles. The second-order valence-electron chi connectivity index (χ2n) is 3.18. The maximum absolute atomic E-state index is 8.54. The average molecular weight is 206 g/mol. The molecule has 2 nitrogen and oxygen atoms in total. The van der Waals surface area contributed by atoms with Gasteiger partial charge in [0.25, 0.3) is 0 Å². The third-order valence-electron chi connectivity index (χ3n) is 1.93. The summed E-state index contributed by atoms with van der Waals surface area (Å²) in [5.41, 5.74) is 0. The van der Waals surface area contributed by atoms with E-state index in [1.165, 1.54) is 19.3 Å². The van der Waals surface area contributed by atoms with Crippen LogP contribution in [0.25, 0.3) is 0 Å². The zero-order valence-electron chi connectivity index (χ0n) is 8.37. The van der Waals surface area contributed by atoms with Crippen LogP contribution in [0.3, 0.4) is 0 Å². The number of aliphatic hydroxyl groups is 1. The van der Waals surface area contributed by atoms with E-state index >= 15 is 0 Å². The molecule has 0 heterocycles. The first-order valence-electron chi connectivity index (χ1n) is 5.21. The van der Waals surface area contributed by atoms with Gasteiger partial charge in [-0.2, -0.15) is 12.6 Å². The molecule has 80 valence electrons. The third kappa shape index (κ3) is 12.3. The number of rotatable bonds is 10. The third-order valence-corrected chi connectivity index (χ3v) is 2.11. The van der Waals surface area contributed by atoms with Gasteiger partial charge in [-0.25, -0.2) is 0 Å². The Bertz CT molecular complexity index is 79.0. The van der Waals surface area contributed by atoms with Gasteiger partial charge in [-0.1, -0.05) is 25.7 Å². The molecular weight excluding hydrogens is 184 g/mol. The van der Waals surface area contributed by atoms with Crippen LogP contribution in [0.4, 0.5) is 0 Å². The molecule has 3 heteroatoms. The summed E-state index contributed by atoms with van der Waals surface area (Å²) in [6.07, 6.45) is 7.03. The predicted molar refractivity (Wildman–Crippen MR) is 59.5 cm³/mol. The summed E-state index contributed by atoms with van der Waals surface area (Å²) in [6, 6.07) is 0. The zero-order valence-corrected chi connectivity index (χ0v) is 9.27. The van der Waals surface area contributed by atoms with Crippen LogP contribution in [0.15, 0.2) is 0 Å². The topological polar surface area (TPSA) is 29.5 Å². The monoisotopic (exact) mass is 206 g/mol. The fourth-order valence-corrected chi connectivity index (χ4v) is 1.32. The van der Waals surface area contributed by atoms with Crippen molar-refractivity contribution in [3.63, 3.8) is 0 Å². The van der Waals surface area contributed by atoms with E-state index in [-0.39, 0.29) is 0 Å². The molecule has 0 unspecified atom stereocenters. The van der Waals surface area contributed by atoms with Crippen molar-refractivity contribution in [3.8, 4) is 0 Å². The Balaban J connectivity index is 2.76. The van der Waals surface area contributed by atoms with Gasteiger partial charge >= 0.3 is 0 Å². The van der Waals surface area contributed by atoms with Crippen molar-refractivity contribution in [2.75, 3.05) is 25.6 Å². The normalized spacial score (nSPS) is 10.6. The first-order valence-corrected chi connectivity index (χ1v) is 5.84. The van der Waals surface area contributed by atoms with E-state index in [1.54, 1.807) is 0 Å². The SMILES string of the molecule is OCCCCCCCCOCCS. The minimum Gasteiger partial charge on any atom is -0.396 e. The minimum absolute atomic E-state index is 0.338. The highest BCUT2D eigenvalue weighted by Crippen LogP contribution is 2.04. The van der Waals surface area contributed by atoms with E-state index in [2.05, 4.69) is 12.6 Å². The molecule has 0 bridgehead atoms. The highest BCUT2D eigenvalue weighted by molar-refractivity contribution is 7.80. The quantitative estimate of drug-likeness (QED) is 0.424. The summed E-state index contributed by atoms with van der Waals surface area (Å²) in [7, 11) is 0. The van der Waals surface area contributed by atoms with Crippen LogP contribution in [-0.2, 0) is 4.74 Å². The van der Waals surface area contributed by atoms with Crippen molar-refractivity contribution in [2.45, 2.75) is 38.5 Å². The van der Waals surface area contributed by atoms with Crippen LogP contribution in [-0.4, -0.2) is 30.7 Å². The molecule has 0 aromatic carbocycles. The second-order valence-corrected chi connectivity index (χ2v) is 3.63. The van der Waals surface area contributed by atoms with E-state index in [9.17, 15) is 0 Å². The highest BCUT2D eigenvalue weighted by atomic mass is 32.1. The largest absolute Gasteiger partial charge is 0.396 e. The second kappa shape index (κ2) is 12.3. The van der Waals surface area contributed by atoms with Gasteiger partial charge in [0.15, 0.2) is 0 Å². The molecule has 0 atom stereocenters. The standard InChI is InChI=1S/C10H22O2S/c11-7-5-3-1-2-4-6-8-12-9-10-13/h11,13H,1-10H2. The number of ether oxygens (including phenoxy) is 1. The maximum atomic E-state index is 8.54. The summed E-state index contributed by atoms with van der Waals surface area (Å²) in [6.45, 7) is 1.99. The molecule has 0 spiro atoms. The van der Waals surface area contributed by atoms with Gasteiger partial charge in [-0.05, 0) is 12.8 Å². The number of hydrogen-bond donors (Lipinski definition) is 2. The Morgan fingerprint density at radius 3 is 2.08 bits per heavy atom. The molecule has 0 fully saturated rings.